The second-order valence-corrected chi connectivity index (χ2v) is 9.23. The molecule has 5 nitrogen and oxygen atoms in total. The van der Waals surface area contributed by atoms with Crippen LogP contribution < -0.4 is 9.64 Å². The van der Waals surface area contributed by atoms with Gasteiger partial charge in [-0.05, 0) is 72.6 Å². The van der Waals surface area contributed by atoms with Gasteiger partial charge in [0.05, 0.1) is 23.1 Å². The summed E-state index contributed by atoms with van der Waals surface area (Å²) in [4.78, 5) is 40.3. The standard InChI is InChI=1S/C28H23NO4/c30-26-24-19-9-10-20(15-19)25(24)27(31)29(26)22-8-4-7-21(16-22)28(32)33-23-13-11-18(12-14-23)17-5-2-1-3-6-17/h1-8,11-14,16,19-20,24-25H,9-10,15H2/t19-,20-,24-,25+/m0/s1. The molecule has 3 aromatic carbocycles. The highest BCUT2D eigenvalue weighted by atomic mass is 16.5. The summed E-state index contributed by atoms with van der Waals surface area (Å²) >= 11 is 0. The van der Waals surface area contributed by atoms with Crippen LogP contribution in [0.2, 0.25) is 0 Å². The number of hydrogen-bond acceptors (Lipinski definition) is 4. The van der Waals surface area contributed by atoms with E-state index >= 15 is 0 Å². The molecule has 33 heavy (non-hydrogen) atoms. The summed E-state index contributed by atoms with van der Waals surface area (Å²) in [5.41, 5.74) is 2.87. The lowest BCUT2D eigenvalue weighted by Gasteiger charge is -2.19. The Labute approximate surface area is 192 Å². The summed E-state index contributed by atoms with van der Waals surface area (Å²) in [6, 6.07) is 23.9. The average Bonchev–Trinajstić information content (AvgIpc) is 3.54. The lowest BCUT2D eigenvalue weighted by Crippen LogP contribution is -2.32. The molecule has 1 saturated heterocycles. The fourth-order valence-electron chi connectivity index (χ4n) is 5.95. The van der Waals surface area contributed by atoms with Crippen LogP contribution in [0.3, 0.4) is 0 Å². The number of benzene rings is 3. The van der Waals surface area contributed by atoms with Crippen molar-refractivity contribution in [2.45, 2.75) is 19.3 Å². The van der Waals surface area contributed by atoms with Gasteiger partial charge in [-0.2, -0.15) is 0 Å². The number of imide groups is 1. The summed E-state index contributed by atoms with van der Waals surface area (Å²) in [5, 5.41) is 0. The summed E-state index contributed by atoms with van der Waals surface area (Å²) in [5.74, 6) is -0.0292. The van der Waals surface area contributed by atoms with Crippen molar-refractivity contribution in [3.63, 3.8) is 0 Å². The quantitative estimate of drug-likeness (QED) is 0.323. The summed E-state index contributed by atoms with van der Waals surface area (Å²) in [6.45, 7) is 0. The van der Waals surface area contributed by atoms with Crippen LogP contribution in [0, 0.1) is 23.7 Å². The minimum atomic E-state index is -0.524. The SMILES string of the molecule is O=C(Oc1ccc(-c2ccccc2)cc1)c1cccc(N2C(=O)[C@@H]3[C@H]4CC[C@@H](C4)[C@@H]3C2=O)c1. The maximum atomic E-state index is 13.1. The van der Waals surface area contributed by atoms with Crippen LogP contribution >= 0.6 is 0 Å². The van der Waals surface area contributed by atoms with Crippen LogP contribution in [-0.2, 0) is 9.59 Å². The smallest absolute Gasteiger partial charge is 0.343 e. The molecule has 6 rings (SSSR count). The molecule has 1 heterocycles. The number of hydrogen-bond donors (Lipinski definition) is 0. The zero-order valence-corrected chi connectivity index (χ0v) is 18.0. The van der Waals surface area contributed by atoms with E-state index in [1.807, 2.05) is 42.5 Å². The number of esters is 1. The number of carbonyl (C=O) groups is 3. The van der Waals surface area contributed by atoms with Gasteiger partial charge in [-0.15, -0.1) is 0 Å². The van der Waals surface area contributed by atoms with E-state index in [-0.39, 0.29) is 23.7 Å². The van der Waals surface area contributed by atoms with Crippen molar-refractivity contribution >= 4 is 23.5 Å². The molecule has 2 amide bonds. The molecule has 1 aliphatic heterocycles. The fourth-order valence-corrected chi connectivity index (χ4v) is 5.95. The van der Waals surface area contributed by atoms with Gasteiger partial charge < -0.3 is 4.74 Å². The molecule has 0 spiro atoms. The van der Waals surface area contributed by atoms with Crippen molar-refractivity contribution in [3.8, 4) is 16.9 Å². The van der Waals surface area contributed by atoms with E-state index in [1.54, 1.807) is 36.4 Å². The van der Waals surface area contributed by atoms with E-state index in [2.05, 4.69) is 0 Å². The van der Waals surface area contributed by atoms with Crippen molar-refractivity contribution in [2.75, 3.05) is 4.90 Å². The van der Waals surface area contributed by atoms with E-state index in [9.17, 15) is 14.4 Å². The molecule has 3 aliphatic rings. The van der Waals surface area contributed by atoms with Gasteiger partial charge in [0.1, 0.15) is 5.75 Å². The molecule has 2 saturated carbocycles. The Morgan fingerprint density at radius 2 is 1.39 bits per heavy atom. The van der Waals surface area contributed by atoms with E-state index in [4.69, 9.17) is 4.74 Å². The van der Waals surface area contributed by atoms with E-state index < -0.39 is 5.97 Å². The zero-order chi connectivity index (χ0) is 22.5. The van der Waals surface area contributed by atoms with Crippen LogP contribution in [0.1, 0.15) is 29.6 Å². The average molecular weight is 437 g/mol. The van der Waals surface area contributed by atoms with Crippen molar-refractivity contribution in [1.82, 2.24) is 0 Å². The highest BCUT2D eigenvalue weighted by Gasteiger charge is 2.61. The number of carbonyl (C=O) groups excluding carboxylic acids is 3. The van der Waals surface area contributed by atoms with Crippen molar-refractivity contribution in [3.05, 3.63) is 84.4 Å². The van der Waals surface area contributed by atoms with Crippen molar-refractivity contribution < 1.29 is 19.1 Å². The third kappa shape index (κ3) is 3.27. The molecule has 0 unspecified atom stereocenters. The Morgan fingerprint density at radius 3 is 2.06 bits per heavy atom. The first-order valence-corrected chi connectivity index (χ1v) is 11.5. The minimum absolute atomic E-state index is 0.112. The molecule has 164 valence electrons. The largest absolute Gasteiger partial charge is 0.423 e. The third-order valence-corrected chi connectivity index (χ3v) is 7.44. The van der Waals surface area contributed by atoms with Gasteiger partial charge >= 0.3 is 5.97 Å². The van der Waals surface area contributed by atoms with Crippen LogP contribution in [-0.4, -0.2) is 17.8 Å². The fraction of sp³-hybridized carbons (Fsp3) is 0.250. The van der Waals surface area contributed by atoms with Gasteiger partial charge in [0.2, 0.25) is 11.8 Å². The second-order valence-electron chi connectivity index (χ2n) is 9.23. The van der Waals surface area contributed by atoms with E-state index in [1.165, 1.54) is 4.90 Å². The zero-order valence-electron chi connectivity index (χ0n) is 18.0. The summed E-state index contributed by atoms with van der Waals surface area (Å²) in [7, 11) is 0. The lowest BCUT2D eigenvalue weighted by molar-refractivity contribution is -0.123. The van der Waals surface area contributed by atoms with Gasteiger partial charge in [0.25, 0.3) is 0 Å². The molecular weight excluding hydrogens is 414 g/mol. The Morgan fingerprint density at radius 1 is 0.758 bits per heavy atom. The van der Waals surface area contributed by atoms with Gasteiger partial charge in [0.15, 0.2) is 0 Å². The molecule has 2 aliphatic carbocycles. The van der Waals surface area contributed by atoms with E-state index in [0.717, 1.165) is 30.4 Å². The Bertz CT molecular complexity index is 1220. The number of ether oxygens (including phenoxy) is 1. The molecular formula is C28H23NO4. The van der Waals surface area contributed by atoms with Crippen LogP contribution in [0.4, 0.5) is 5.69 Å². The Balaban J connectivity index is 1.20. The van der Waals surface area contributed by atoms with Crippen LogP contribution in [0.15, 0.2) is 78.9 Å². The van der Waals surface area contributed by atoms with Crippen molar-refractivity contribution in [2.24, 2.45) is 23.7 Å². The Kier molecular flexibility index (Phi) is 4.64. The maximum absolute atomic E-state index is 13.1. The highest BCUT2D eigenvalue weighted by Crippen LogP contribution is 2.56. The minimum Gasteiger partial charge on any atom is -0.423 e. The summed E-state index contributed by atoms with van der Waals surface area (Å²) in [6.07, 6.45) is 3.07. The molecule has 3 aromatic rings. The molecule has 5 heteroatoms. The molecule has 2 bridgehead atoms. The molecule has 0 radical (unpaired) electrons. The number of rotatable bonds is 4. The van der Waals surface area contributed by atoms with Gasteiger partial charge in [0, 0.05) is 0 Å². The predicted octanol–water partition coefficient (Wildman–Crippen LogP) is 5.11. The number of fused-ring (bicyclic) bond motifs is 5. The second kappa shape index (κ2) is 7.69. The van der Waals surface area contributed by atoms with Crippen LogP contribution in [0.5, 0.6) is 5.75 Å². The topological polar surface area (TPSA) is 63.7 Å². The van der Waals surface area contributed by atoms with Gasteiger partial charge in [-0.25, -0.2) is 4.79 Å². The molecule has 0 N–H and O–H groups in total. The molecule has 0 aromatic heterocycles. The third-order valence-electron chi connectivity index (χ3n) is 7.44. The number of amides is 2. The first-order valence-electron chi connectivity index (χ1n) is 11.5. The normalized spacial score (nSPS) is 25.4. The van der Waals surface area contributed by atoms with E-state index in [0.29, 0.717) is 28.8 Å². The highest BCUT2D eigenvalue weighted by molar-refractivity contribution is 6.22. The van der Waals surface area contributed by atoms with Gasteiger partial charge in [-0.1, -0.05) is 48.5 Å². The first kappa shape index (κ1) is 19.9. The Hall–Kier alpha value is -3.73. The molecule has 3 fully saturated rings. The number of anilines is 1. The lowest BCUT2D eigenvalue weighted by atomic mass is 9.81. The number of nitrogens with zero attached hydrogens (tertiary/aromatic N) is 1. The van der Waals surface area contributed by atoms with Crippen LogP contribution in [0.25, 0.3) is 11.1 Å². The monoisotopic (exact) mass is 437 g/mol. The van der Waals surface area contributed by atoms with Crippen molar-refractivity contribution in [1.29, 1.82) is 0 Å². The van der Waals surface area contributed by atoms with Gasteiger partial charge in [-0.3, -0.25) is 14.5 Å². The predicted molar refractivity (Wildman–Crippen MR) is 124 cm³/mol. The summed E-state index contributed by atoms with van der Waals surface area (Å²) < 4.78 is 5.55. The maximum Gasteiger partial charge on any atom is 0.343 e. The molecule has 4 atom stereocenters. The first-order chi connectivity index (χ1) is 16.1.